The summed E-state index contributed by atoms with van der Waals surface area (Å²) in [5.41, 5.74) is 0.636. The van der Waals surface area contributed by atoms with Crippen LogP contribution in [0.15, 0.2) is 30.5 Å². The van der Waals surface area contributed by atoms with Crippen LogP contribution < -0.4 is 10.6 Å². The van der Waals surface area contributed by atoms with Crippen LogP contribution in [0.3, 0.4) is 0 Å². The number of rotatable bonds is 2. The monoisotopic (exact) mass is 365 g/mol. The van der Waals surface area contributed by atoms with Crippen molar-refractivity contribution in [2.45, 2.75) is 38.8 Å². The van der Waals surface area contributed by atoms with Crippen molar-refractivity contribution in [3.63, 3.8) is 0 Å². The number of hydrogen-bond donors (Lipinski definition) is 2. The molecule has 6 nitrogen and oxygen atoms in total. The Morgan fingerprint density at radius 3 is 2.68 bits per heavy atom. The molecule has 136 valence electrons. The quantitative estimate of drug-likeness (QED) is 0.858. The zero-order chi connectivity index (χ0) is 17.3. The Hall–Kier alpha value is -2.05. The maximum atomic E-state index is 12.4. The van der Waals surface area contributed by atoms with Crippen LogP contribution in [0.25, 0.3) is 10.9 Å². The Balaban J connectivity index is 0.00000225. The molecule has 1 atom stereocenters. The van der Waals surface area contributed by atoms with Gasteiger partial charge in [-0.2, -0.15) is 0 Å². The molecule has 0 radical (unpaired) electrons. The maximum absolute atomic E-state index is 12.4. The molecule has 2 N–H and O–H groups in total. The Bertz CT molecular complexity index is 773. The summed E-state index contributed by atoms with van der Waals surface area (Å²) >= 11 is 0. The van der Waals surface area contributed by atoms with Gasteiger partial charge in [0.15, 0.2) is 0 Å². The zero-order valence-electron chi connectivity index (χ0n) is 14.7. The molecule has 1 saturated heterocycles. The van der Waals surface area contributed by atoms with Crippen molar-refractivity contribution in [3.05, 3.63) is 36.0 Å². The van der Waals surface area contributed by atoms with Crippen LogP contribution in [-0.2, 0) is 4.74 Å². The fourth-order valence-corrected chi connectivity index (χ4v) is 2.79. The van der Waals surface area contributed by atoms with Crippen molar-refractivity contribution in [2.75, 3.05) is 13.1 Å². The minimum Gasteiger partial charge on any atom is -0.443 e. The van der Waals surface area contributed by atoms with Crippen molar-refractivity contribution in [2.24, 2.45) is 0 Å². The average molecular weight is 366 g/mol. The van der Waals surface area contributed by atoms with Gasteiger partial charge in [-0.1, -0.05) is 6.07 Å². The molecule has 1 aliphatic heterocycles. The van der Waals surface area contributed by atoms with E-state index in [2.05, 4.69) is 10.6 Å². The molecule has 25 heavy (non-hydrogen) atoms. The number of fused-ring (bicyclic) bond motifs is 1. The van der Waals surface area contributed by atoms with Crippen LogP contribution in [0.1, 0.15) is 37.6 Å². The number of nitrogens with one attached hydrogen (secondary N) is 2. The SMILES string of the molecule is CC(C)(C)OC(=O)n1ccc2ccc(C(=O)NC3CCNC3)cc21.Cl. The number of carbonyl (C=O) groups is 2. The molecule has 1 aromatic heterocycles. The fraction of sp³-hybridized carbons (Fsp3) is 0.444. The third-order valence-corrected chi connectivity index (χ3v) is 3.94. The van der Waals surface area contributed by atoms with E-state index in [4.69, 9.17) is 4.74 Å². The maximum Gasteiger partial charge on any atom is 0.418 e. The molecule has 1 unspecified atom stereocenters. The lowest BCUT2D eigenvalue weighted by atomic mass is 10.1. The lowest BCUT2D eigenvalue weighted by Gasteiger charge is -2.19. The van der Waals surface area contributed by atoms with E-state index in [9.17, 15) is 9.59 Å². The minimum absolute atomic E-state index is 0. The van der Waals surface area contributed by atoms with Crippen LogP contribution in [0.4, 0.5) is 4.79 Å². The van der Waals surface area contributed by atoms with E-state index in [-0.39, 0.29) is 24.4 Å². The molecule has 0 aliphatic carbocycles. The third-order valence-electron chi connectivity index (χ3n) is 3.94. The van der Waals surface area contributed by atoms with Crippen molar-refractivity contribution in [1.82, 2.24) is 15.2 Å². The van der Waals surface area contributed by atoms with Crippen LogP contribution >= 0.6 is 12.4 Å². The summed E-state index contributed by atoms with van der Waals surface area (Å²) in [5.74, 6) is -0.123. The number of nitrogens with zero attached hydrogens (tertiary/aromatic N) is 1. The largest absolute Gasteiger partial charge is 0.443 e. The highest BCUT2D eigenvalue weighted by Crippen LogP contribution is 2.20. The topological polar surface area (TPSA) is 72.4 Å². The Morgan fingerprint density at radius 1 is 1.28 bits per heavy atom. The number of benzene rings is 1. The van der Waals surface area contributed by atoms with E-state index < -0.39 is 11.7 Å². The predicted octanol–water partition coefficient (Wildman–Crippen LogP) is 2.94. The van der Waals surface area contributed by atoms with E-state index in [1.807, 2.05) is 32.9 Å². The van der Waals surface area contributed by atoms with Gasteiger partial charge in [-0.05, 0) is 51.9 Å². The molecule has 0 bridgehead atoms. The van der Waals surface area contributed by atoms with Crippen molar-refractivity contribution < 1.29 is 14.3 Å². The van der Waals surface area contributed by atoms with Gasteiger partial charge in [0.05, 0.1) is 5.52 Å². The molecule has 2 aromatic rings. The van der Waals surface area contributed by atoms with E-state index in [1.54, 1.807) is 18.3 Å². The molecular weight excluding hydrogens is 342 g/mol. The van der Waals surface area contributed by atoms with Crippen LogP contribution in [-0.4, -0.2) is 41.3 Å². The molecule has 1 fully saturated rings. The summed E-state index contributed by atoms with van der Waals surface area (Å²) in [6.45, 7) is 7.19. The fourth-order valence-electron chi connectivity index (χ4n) is 2.79. The van der Waals surface area contributed by atoms with Crippen molar-refractivity contribution in [3.8, 4) is 0 Å². The minimum atomic E-state index is -0.571. The van der Waals surface area contributed by atoms with Crippen molar-refractivity contribution >= 4 is 35.3 Å². The van der Waals surface area contributed by atoms with Crippen LogP contribution in [0, 0.1) is 0 Å². The number of ether oxygens (including phenoxy) is 1. The van der Waals surface area contributed by atoms with E-state index in [0.29, 0.717) is 11.1 Å². The second-order valence-corrected chi connectivity index (χ2v) is 7.10. The number of hydrogen-bond acceptors (Lipinski definition) is 4. The van der Waals surface area contributed by atoms with E-state index in [1.165, 1.54) is 4.57 Å². The Labute approximate surface area is 153 Å². The van der Waals surface area contributed by atoms with Gasteiger partial charge in [-0.25, -0.2) is 4.79 Å². The Morgan fingerprint density at radius 2 is 2.04 bits per heavy atom. The first-order valence-corrected chi connectivity index (χ1v) is 8.19. The number of carbonyl (C=O) groups excluding carboxylic acids is 2. The van der Waals surface area contributed by atoms with Gasteiger partial charge in [0, 0.05) is 29.7 Å². The first kappa shape index (κ1) is 19.3. The highest BCUT2D eigenvalue weighted by atomic mass is 35.5. The second-order valence-electron chi connectivity index (χ2n) is 7.10. The number of aromatic nitrogens is 1. The van der Waals surface area contributed by atoms with Crippen molar-refractivity contribution in [1.29, 1.82) is 0 Å². The summed E-state index contributed by atoms with van der Waals surface area (Å²) < 4.78 is 6.85. The molecule has 0 spiro atoms. The van der Waals surface area contributed by atoms with Gasteiger partial charge in [-0.15, -0.1) is 12.4 Å². The van der Waals surface area contributed by atoms with Crippen LogP contribution in [0.5, 0.6) is 0 Å². The summed E-state index contributed by atoms with van der Waals surface area (Å²) in [4.78, 5) is 24.7. The highest BCUT2D eigenvalue weighted by Gasteiger charge is 2.21. The highest BCUT2D eigenvalue weighted by molar-refractivity contribution is 5.99. The van der Waals surface area contributed by atoms with Gasteiger partial charge >= 0.3 is 6.09 Å². The van der Waals surface area contributed by atoms with Gasteiger partial charge < -0.3 is 15.4 Å². The molecule has 2 heterocycles. The third kappa shape index (κ3) is 4.52. The molecule has 7 heteroatoms. The second kappa shape index (κ2) is 7.45. The first-order valence-electron chi connectivity index (χ1n) is 8.19. The molecule has 3 rings (SSSR count). The summed E-state index contributed by atoms with van der Waals surface area (Å²) in [6.07, 6.45) is 2.15. The average Bonchev–Trinajstić information content (AvgIpc) is 3.13. The van der Waals surface area contributed by atoms with Gasteiger partial charge in [-0.3, -0.25) is 9.36 Å². The number of halogens is 1. The molecule has 1 amide bonds. The van der Waals surface area contributed by atoms with Gasteiger partial charge in [0.25, 0.3) is 5.91 Å². The van der Waals surface area contributed by atoms with E-state index in [0.717, 1.165) is 24.9 Å². The first-order chi connectivity index (χ1) is 11.3. The van der Waals surface area contributed by atoms with Gasteiger partial charge in [0.2, 0.25) is 0 Å². The molecule has 1 aliphatic rings. The lowest BCUT2D eigenvalue weighted by Crippen LogP contribution is -2.36. The zero-order valence-corrected chi connectivity index (χ0v) is 15.5. The predicted molar refractivity (Wildman–Crippen MR) is 99.6 cm³/mol. The summed E-state index contributed by atoms with van der Waals surface area (Å²) in [5, 5.41) is 7.12. The Kier molecular flexibility index (Phi) is 5.75. The van der Waals surface area contributed by atoms with E-state index >= 15 is 0 Å². The molecule has 0 saturated carbocycles. The van der Waals surface area contributed by atoms with Gasteiger partial charge in [0.1, 0.15) is 5.60 Å². The summed E-state index contributed by atoms with van der Waals surface area (Å²) in [6, 6.07) is 7.35. The molecule has 1 aromatic carbocycles. The normalized spacial score (nSPS) is 17.2. The standard InChI is InChI=1S/C18H23N3O3.ClH/c1-18(2,3)24-17(23)21-9-7-12-4-5-13(10-15(12)21)16(22)20-14-6-8-19-11-14;/h4-5,7,9-10,14,19H,6,8,11H2,1-3H3,(H,20,22);1H. The lowest BCUT2D eigenvalue weighted by molar-refractivity contribution is 0.0544. The number of amides is 1. The smallest absolute Gasteiger partial charge is 0.418 e. The molecular formula is C18H24ClN3O3. The van der Waals surface area contributed by atoms with Crippen LogP contribution in [0.2, 0.25) is 0 Å². The summed E-state index contributed by atoms with van der Waals surface area (Å²) in [7, 11) is 0.